The van der Waals surface area contributed by atoms with Crippen molar-refractivity contribution in [1.29, 1.82) is 0 Å². The van der Waals surface area contributed by atoms with Crippen LogP contribution in [0.15, 0.2) is 12.1 Å². The third-order valence-electron chi connectivity index (χ3n) is 4.59. The predicted octanol–water partition coefficient (Wildman–Crippen LogP) is 1.16. The highest BCUT2D eigenvalue weighted by Gasteiger charge is 2.20. The number of nitrogens with two attached hydrogens (primary N) is 1. The van der Waals surface area contributed by atoms with E-state index in [-0.39, 0.29) is 6.04 Å². The Balaban J connectivity index is 1.66. The first-order valence-corrected chi connectivity index (χ1v) is 8.58. The Bertz CT molecular complexity index is 722. The van der Waals surface area contributed by atoms with Gasteiger partial charge in [-0.2, -0.15) is 0 Å². The van der Waals surface area contributed by atoms with Crippen LogP contribution in [-0.2, 0) is 11.3 Å². The monoisotopic (exact) mass is 332 g/mol. The molecule has 130 valence electrons. The van der Waals surface area contributed by atoms with Gasteiger partial charge < -0.3 is 24.5 Å². The topological polar surface area (TPSA) is 74.8 Å². The molecule has 2 aromatic rings. The molecule has 7 heteroatoms. The highest BCUT2D eigenvalue weighted by Crippen LogP contribution is 2.35. The molecule has 1 atom stereocenters. The molecule has 1 aromatic carbocycles. The maximum absolute atomic E-state index is 6.16. The second-order valence-electron chi connectivity index (χ2n) is 6.35. The highest BCUT2D eigenvalue weighted by atomic mass is 16.6. The lowest BCUT2D eigenvalue weighted by Gasteiger charge is -2.27. The summed E-state index contributed by atoms with van der Waals surface area (Å²) < 4.78 is 19.0. The molecule has 0 saturated carbocycles. The van der Waals surface area contributed by atoms with E-state index in [4.69, 9.17) is 24.9 Å². The van der Waals surface area contributed by atoms with Crippen LogP contribution in [0.4, 0.5) is 0 Å². The molecule has 1 unspecified atom stereocenters. The van der Waals surface area contributed by atoms with Crippen LogP contribution in [0.1, 0.15) is 18.8 Å². The molecule has 0 radical (unpaired) electrons. The molecule has 7 nitrogen and oxygen atoms in total. The number of aromatic nitrogens is 2. The van der Waals surface area contributed by atoms with E-state index in [1.54, 1.807) is 0 Å². The summed E-state index contributed by atoms with van der Waals surface area (Å²) in [5, 5.41) is 0. The van der Waals surface area contributed by atoms with Crippen molar-refractivity contribution < 1.29 is 14.2 Å². The van der Waals surface area contributed by atoms with Gasteiger partial charge in [0.05, 0.1) is 30.3 Å². The van der Waals surface area contributed by atoms with E-state index in [2.05, 4.69) is 9.47 Å². The van der Waals surface area contributed by atoms with Crippen molar-refractivity contribution in [1.82, 2.24) is 14.5 Å². The Morgan fingerprint density at radius 1 is 1.08 bits per heavy atom. The molecule has 1 fully saturated rings. The van der Waals surface area contributed by atoms with Crippen molar-refractivity contribution in [2.24, 2.45) is 5.73 Å². The molecule has 2 aliphatic rings. The van der Waals surface area contributed by atoms with E-state index in [9.17, 15) is 0 Å². The fraction of sp³-hybridized carbons (Fsp3) is 0.588. The van der Waals surface area contributed by atoms with Crippen molar-refractivity contribution in [3.63, 3.8) is 0 Å². The second kappa shape index (κ2) is 6.58. The van der Waals surface area contributed by atoms with Crippen LogP contribution in [0.5, 0.6) is 11.5 Å². The van der Waals surface area contributed by atoms with Crippen LogP contribution in [0.25, 0.3) is 11.0 Å². The van der Waals surface area contributed by atoms with Gasteiger partial charge in [-0.15, -0.1) is 0 Å². The van der Waals surface area contributed by atoms with E-state index in [0.29, 0.717) is 13.2 Å². The van der Waals surface area contributed by atoms with Crippen molar-refractivity contribution in [3.8, 4) is 11.5 Å². The summed E-state index contributed by atoms with van der Waals surface area (Å²) in [4.78, 5) is 7.16. The molecule has 4 rings (SSSR count). The quantitative estimate of drug-likeness (QED) is 0.906. The average molecular weight is 332 g/mol. The Morgan fingerprint density at radius 2 is 1.79 bits per heavy atom. The van der Waals surface area contributed by atoms with E-state index in [0.717, 1.165) is 67.7 Å². The summed E-state index contributed by atoms with van der Waals surface area (Å²) in [5.74, 6) is 2.46. The SMILES string of the molecule is CC(N)c1nc2cc3c(cc2n1CCN1CCOCC1)OCCO3. The van der Waals surface area contributed by atoms with E-state index in [1.165, 1.54) is 0 Å². The Hall–Kier alpha value is -1.83. The van der Waals surface area contributed by atoms with Crippen molar-refractivity contribution >= 4 is 11.0 Å². The van der Waals surface area contributed by atoms with Crippen LogP contribution in [0, 0.1) is 0 Å². The van der Waals surface area contributed by atoms with Crippen LogP contribution in [0.3, 0.4) is 0 Å². The van der Waals surface area contributed by atoms with Crippen LogP contribution in [-0.4, -0.2) is 60.5 Å². The zero-order valence-corrected chi connectivity index (χ0v) is 14.0. The summed E-state index contributed by atoms with van der Waals surface area (Å²) in [6.45, 7) is 8.53. The minimum Gasteiger partial charge on any atom is -0.486 e. The lowest BCUT2D eigenvalue weighted by Crippen LogP contribution is -2.38. The molecule has 1 aromatic heterocycles. The van der Waals surface area contributed by atoms with Gasteiger partial charge in [0.25, 0.3) is 0 Å². The summed E-state index contributed by atoms with van der Waals surface area (Å²) >= 11 is 0. The summed E-state index contributed by atoms with van der Waals surface area (Å²) in [6.07, 6.45) is 0. The van der Waals surface area contributed by atoms with Gasteiger partial charge in [-0.1, -0.05) is 0 Å². The number of morpholine rings is 1. The van der Waals surface area contributed by atoms with E-state index < -0.39 is 0 Å². The molecule has 2 N–H and O–H groups in total. The molecule has 0 amide bonds. The third-order valence-corrected chi connectivity index (χ3v) is 4.59. The zero-order chi connectivity index (χ0) is 16.5. The molecular weight excluding hydrogens is 308 g/mol. The molecule has 24 heavy (non-hydrogen) atoms. The first kappa shape index (κ1) is 15.7. The number of nitrogens with zero attached hydrogens (tertiary/aromatic N) is 3. The number of imidazole rings is 1. The number of ether oxygens (including phenoxy) is 3. The molecular formula is C17H24N4O3. The molecule has 1 saturated heterocycles. The lowest BCUT2D eigenvalue weighted by molar-refractivity contribution is 0.0364. The van der Waals surface area contributed by atoms with Crippen molar-refractivity contribution in [2.45, 2.75) is 19.5 Å². The van der Waals surface area contributed by atoms with Crippen molar-refractivity contribution in [3.05, 3.63) is 18.0 Å². The maximum atomic E-state index is 6.16. The number of benzene rings is 1. The number of hydrogen-bond acceptors (Lipinski definition) is 6. The number of rotatable bonds is 4. The standard InChI is InChI=1S/C17H24N4O3/c1-12(18)17-19-13-10-15-16(24-9-8-23-15)11-14(13)21(17)3-2-20-4-6-22-7-5-20/h10-12H,2-9,18H2,1H3. The van der Waals surface area contributed by atoms with Gasteiger partial charge in [0.15, 0.2) is 11.5 Å². The summed E-state index contributed by atoms with van der Waals surface area (Å²) in [6, 6.07) is 3.86. The number of fused-ring (bicyclic) bond motifs is 2. The van der Waals surface area contributed by atoms with Gasteiger partial charge >= 0.3 is 0 Å². The molecule has 0 spiro atoms. The summed E-state index contributed by atoms with van der Waals surface area (Å²) in [7, 11) is 0. The predicted molar refractivity (Wildman–Crippen MR) is 90.6 cm³/mol. The minimum absolute atomic E-state index is 0.124. The number of hydrogen-bond donors (Lipinski definition) is 1. The summed E-state index contributed by atoms with van der Waals surface area (Å²) in [5.41, 5.74) is 8.13. The van der Waals surface area contributed by atoms with E-state index in [1.807, 2.05) is 19.1 Å². The zero-order valence-electron chi connectivity index (χ0n) is 14.0. The molecule has 3 heterocycles. The first-order valence-electron chi connectivity index (χ1n) is 8.58. The molecule has 0 bridgehead atoms. The van der Waals surface area contributed by atoms with Crippen LogP contribution >= 0.6 is 0 Å². The average Bonchev–Trinajstić information content (AvgIpc) is 2.96. The highest BCUT2D eigenvalue weighted by molar-refractivity contribution is 5.81. The second-order valence-corrected chi connectivity index (χ2v) is 6.35. The van der Waals surface area contributed by atoms with Crippen LogP contribution in [0.2, 0.25) is 0 Å². The maximum Gasteiger partial charge on any atom is 0.163 e. The normalized spacial score (nSPS) is 19.6. The minimum atomic E-state index is -0.124. The smallest absolute Gasteiger partial charge is 0.163 e. The van der Waals surface area contributed by atoms with Gasteiger partial charge in [-0.25, -0.2) is 4.98 Å². The fourth-order valence-corrected chi connectivity index (χ4v) is 3.33. The lowest BCUT2D eigenvalue weighted by atomic mass is 10.2. The fourth-order valence-electron chi connectivity index (χ4n) is 3.33. The van der Waals surface area contributed by atoms with Gasteiger partial charge in [0, 0.05) is 38.3 Å². The van der Waals surface area contributed by atoms with Gasteiger partial charge in [0.2, 0.25) is 0 Å². The van der Waals surface area contributed by atoms with Gasteiger partial charge in [0.1, 0.15) is 19.0 Å². The first-order chi connectivity index (χ1) is 11.7. The Kier molecular flexibility index (Phi) is 4.30. The van der Waals surface area contributed by atoms with Gasteiger partial charge in [-0.3, -0.25) is 4.90 Å². The largest absolute Gasteiger partial charge is 0.486 e. The molecule has 2 aliphatic heterocycles. The Labute approximate surface area is 141 Å². The van der Waals surface area contributed by atoms with E-state index >= 15 is 0 Å². The van der Waals surface area contributed by atoms with Crippen LogP contribution < -0.4 is 15.2 Å². The molecule has 0 aliphatic carbocycles. The van der Waals surface area contributed by atoms with Gasteiger partial charge in [-0.05, 0) is 6.92 Å². The third kappa shape index (κ3) is 2.94. The Morgan fingerprint density at radius 3 is 2.50 bits per heavy atom. The van der Waals surface area contributed by atoms with Crippen molar-refractivity contribution in [2.75, 3.05) is 46.1 Å².